The third kappa shape index (κ3) is 3.39. The number of hydrogen-bond acceptors (Lipinski definition) is 5. The first-order chi connectivity index (χ1) is 8.02. The monoisotopic (exact) mass is 239 g/mol. The Morgan fingerprint density at radius 3 is 2.88 bits per heavy atom. The number of aliphatic hydroxyl groups excluding tert-OH is 1. The maximum Gasteiger partial charge on any atom is 0.386 e. The van der Waals surface area contributed by atoms with Gasteiger partial charge in [0.15, 0.2) is 0 Å². The molecule has 1 aromatic rings. The summed E-state index contributed by atoms with van der Waals surface area (Å²) >= 11 is 0. The fourth-order valence-corrected chi connectivity index (χ4v) is 1.54. The van der Waals surface area contributed by atoms with Crippen molar-refractivity contribution in [1.29, 1.82) is 0 Å². The number of aromatic nitrogens is 1. The molecule has 0 aromatic carbocycles. The van der Waals surface area contributed by atoms with Gasteiger partial charge in [-0.1, -0.05) is 6.92 Å². The van der Waals surface area contributed by atoms with Crippen LogP contribution in [0.5, 0.6) is 0 Å². The number of pyridine rings is 1. The van der Waals surface area contributed by atoms with E-state index in [0.717, 1.165) is 6.42 Å². The Balaban J connectivity index is 2.97. The number of anilines is 1. The minimum absolute atomic E-state index is 0.0331. The molecular weight excluding hydrogens is 222 g/mol. The number of nitrogens with one attached hydrogen (secondary N) is 1. The van der Waals surface area contributed by atoms with Crippen LogP contribution in [0.3, 0.4) is 0 Å². The van der Waals surface area contributed by atoms with Crippen LogP contribution in [0.25, 0.3) is 0 Å². The van der Waals surface area contributed by atoms with E-state index in [9.17, 15) is 10.1 Å². The molecule has 0 saturated carbocycles. The van der Waals surface area contributed by atoms with Crippen LogP contribution in [0.15, 0.2) is 18.3 Å². The molecule has 0 spiro atoms. The lowest BCUT2D eigenvalue weighted by Crippen LogP contribution is -2.35. The van der Waals surface area contributed by atoms with Crippen LogP contribution in [0.2, 0.25) is 0 Å². The van der Waals surface area contributed by atoms with Gasteiger partial charge in [-0.2, -0.15) is 0 Å². The van der Waals surface area contributed by atoms with Crippen LogP contribution in [-0.2, 0) is 0 Å². The quantitative estimate of drug-likeness (QED) is 0.585. The van der Waals surface area contributed by atoms with Crippen molar-refractivity contribution in [1.82, 2.24) is 4.98 Å². The summed E-state index contributed by atoms with van der Waals surface area (Å²) in [7, 11) is 0. The molecule has 0 bridgehead atoms. The van der Waals surface area contributed by atoms with Crippen molar-refractivity contribution in [3.05, 3.63) is 28.4 Å². The van der Waals surface area contributed by atoms with Gasteiger partial charge in [-0.3, -0.25) is 0 Å². The van der Waals surface area contributed by atoms with Gasteiger partial charge in [0.25, 0.3) is 0 Å². The largest absolute Gasteiger partial charge is 0.396 e. The van der Waals surface area contributed by atoms with Crippen molar-refractivity contribution < 1.29 is 10.0 Å². The first kappa shape index (κ1) is 13.4. The summed E-state index contributed by atoms with van der Waals surface area (Å²) < 4.78 is 0. The smallest absolute Gasteiger partial charge is 0.386 e. The zero-order chi connectivity index (χ0) is 12.9. The molecule has 17 heavy (non-hydrogen) atoms. The normalized spacial score (nSPS) is 14.1. The summed E-state index contributed by atoms with van der Waals surface area (Å²) in [6, 6.07) is 3.26. The van der Waals surface area contributed by atoms with Crippen molar-refractivity contribution in [3.8, 4) is 0 Å². The van der Waals surface area contributed by atoms with Gasteiger partial charge in [0.1, 0.15) is 11.9 Å². The average molecular weight is 239 g/mol. The molecule has 0 amide bonds. The molecule has 1 atom stereocenters. The third-order valence-corrected chi connectivity index (χ3v) is 2.84. The molecule has 0 aliphatic heterocycles. The third-order valence-electron chi connectivity index (χ3n) is 2.84. The van der Waals surface area contributed by atoms with Gasteiger partial charge in [-0.15, -0.1) is 0 Å². The minimum Gasteiger partial charge on any atom is -0.396 e. The van der Waals surface area contributed by atoms with Crippen molar-refractivity contribution in [2.45, 2.75) is 32.2 Å². The Bertz CT molecular complexity index is 397. The lowest BCUT2D eigenvalue weighted by Gasteiger charge is -2.29. The molecule has 1 aromatic heterocycles. The van der Waals surface area contributed by atoms with Gasteiger partial charge < -0.3 is 20.5 Å². The van der Waals surface area contributed by atoms with Crippen molar-refractivity contribution in [3.63, 3.8) is 0 Å². The van der Waals surface area contributed by atoms with E-state index < -0.39 is 4.92 Å². The molecule has 6 nitrogen and oxygen atoms in total. The summed E-state index contributed by atoms with van der Waals surface area (Å²) in [5.74, 6) is -0.190. The molecule has 1 heterocycles. The molecule has 0 aliphatic rings. The van der Waals surface area contributed by atoms with Gasteiger partial charge in [0.2, 0.25) is 0 Å². The Kier molecular flexibility index (Phi) is 4.39. The highest BCUT2D eigenvalue weighted by atomic mass is 16.6. The maximum atomic E-state index is 10.8. The number of nitro groups is 1. The second kappa shape index (κ2) is 5.58. The molecular formula is C11H17N3O3. The van der Waals surface area contributed by atoms with E-state index >= 15 is 0 Å². The predicted molar refractivity (Wildman–Crippen MR) is 64.9 cm³/mol. The van der Waals surface area contributed by atoms with E-state index in [0.29, 0.717) is 12.1 Å². The average Bonchev–Trinajstić information content (AvgIpc) is 2.29. The zero-order valence-electron chi connectivity index (χ0n) is 10.0. The Morgan fingerprint density at radius 1 is 1.65 bits per heavy atom. The molecule has 0 fully saturated rings. The molecule has 1 unspecified atom stereocenters. The van der Waals surface area contributed by atoms with Crippen LogP contribution < -0.4 is 5.32 Å². The van der Waals surface area contributed by atoms with E-state index in [-0.39, 0.29) is 18.0 Å². The predicted octanol–water partition coefficient (Wildman–Crippen LogP) is 1.95. The van der Waals surface area contributed by atoms with E-state index in [1.807, 2.05) is 13.8 Å². The number of aliphatic hydroxyl groups is 1. The highest BCUT2D eigenvalue weighted by Crippen LogP contribution is 2.27. The molecule has 0 aliphatic carbocycles. The van der Waals surface area contributed by atoms with Gasteiger partial charge in [-0.05, 0) is 41.8 Å². The Morgan fingerprint density at radius 2 is 2.35 bits per heavy atom. The minimum atomic E-state index is -0.517. The standard InChI is InChI=1S/C11H17N3O3/c1-3-11(2,6-8-15)13-9-5-4-7-12-10(9)14(16)17/h4-5,7,13,15H,3,6,8H2,1-2H3. The van der Waals surface area contributed by atoms with Crippen LogP contribution >= 0.6 is 0 Å². The lowest BCUT2D eigenvalue weighted by atomic mass is 9.94. The summed E-state index contributed by atoms with van der Waals surface area (Å²) in [4.78, 5) is 14.0. The van der Waals surface area contributed by atoms with Crippen molar-refractivity contribution >= 4 is 11.5 Å². The van der Waals surface area contributed by atoms with Crippen molar-refractivity contribution in [2.75, 3.05) is 11.9 Å². The Labute approximate surface area is 99.8 Å². The van der Waals surface area contributed by atoms with Gasteiger partial charge in [0.05, 0.1) is 0 Å². The van der Waals surface area contributed by atoms with E-state index in [4.69, 9.17) is 5.11 Å². The molecule has 94 valence electrons. The SMILES string of the molecule is CCC(C)(CCO)Nc1cccnc1[N+](=O)[O-]. The van der Waals surface area contributed by atoms with Crippen molar-refractivity contribution in [2.24, 2.45) is 0 Å². The highest BCUT2D eigenvalue weighted by molar-refractivity contribution is 5.58. The van der Waals surface area contributed by atoms with Gasteiger partial charge in [0, 0.05) is 12.1 Å². The number of rotatable bonds is 6. The second-order valence-corrected chi connectivity index (χ2v) is 4.14. The molecule has 0 saturated heterocycles. The topological polar surface area (TPSA) is 88.3 Å². The Hall–Kier alpha value is -1.69. The van der Waals surface area contributed by atoms with Crippen LogP contribution in [0.1, 0.15) is 26.7 Å². The van der Waals surface area contributed by atoms with Gasteiger partial charge in [-0.25, -0.2) is 0 Å². The first-order valence-corrected chi connectivity index (χ1v) is 5.51. The maximum absolute atomic E-state index is 10.8. The molecule has 1 rings (SSSR count). The lowest BCUT2D eigenvalue weighted by molar-refractivity contribution is -0.388. The van der Waals surface area contributed by atoms with Crippen LogP contribution in [0, 0.1) is 10.1 Å². The summed E-state index contributed by atoms with van der Waals surface area (Å²) in [6.45, 7) is 3.91. The summed E-state index contributed by atoms with van der Waals surface area (Å²) in [5.41, 5.74) is 0.0121. The molecule has 0 radical (unpaired) electrons. The summed E-state index contributed by atoms with van der Waals surface area (Å²) in [5, 5.41) is 22.9. The van der Waals surface area contributed by atoms with Crippen LogP contribution in [0.4, 0.5) is 11.5 Å². The zero-order valence-corrected chi connectivity index (χ0v) is 10.0. The summed E-state index contributed by atoms with van der Waals surface area (Å²) in [6.07, 6.45) is 2.66. The van der Waals surface area contributed by atoms with E-state index in [1.165, 1.54) is 6.20 Å². The fraction of sp³-hybridized carbons (Fsp3) is 0.545. The van der Waals surface area contributed by atoms with Gasteiger partial charge >= 0.3 is 5.82 Å². The molecule has 2 N–H and O–H groups in total. The van der Waals surface area contributed by atoms with E-state index in [1.54, 1.807) is 12.1 Å². The van der Waals surface area contributed by atoms with E-state index in [2.05, 4.69) is 10.3 Å². The number of nitrogens with zero attached hydrogens (tertiary/aromatic N) is 2. The fourth-order valence-electron chi connectivity index (χ4n) is 1.54. The second-order valence-electron chi connectivity index (χ2n) is 4.14. The highest BCUT2D eigenvalue weighted by Gasteiger charge is 2.25. The van der Waals surface area contributed by atoms with Crippen LogP contribution in [-0.4, -0.2) is 27.2 Å². The number of hydrogen-bond donors (Lipinski definition) is 2. The molecule has 6 heteroatoms. The first-order valence-electron chi connectivity index (χ1n) is 5.51.